The first kappa shape index (κ1) is 12.0. The molecule has 0 saturated heterocycles. The molecule has 1 rings (SSSR count). The van der Waals surface area contributed by atoms with Gasteiger partial charge in [0.2, 0.25) is 0 Å². The van der Waals surface area contributed by atoms with Gasteiger partial charge in [0, 0.05) is 25.8 Å². The summed E-state index contributed by atoms with van der Waals surface area (Å²) in [6.45, 7) is 9.70. The van der Waals surface area contributed by atoms with Gasteiger partial charge in [-0.2, -0.15) is 0 Å². The first-order valence-corrected chi connectivity index (χ1v) is 5.79. The molecule has 0 aromatic heterocycles. The zero-order chi connectivity index (χ0) is 10.4. The Bertz CT molecular complexity index is 142. The lowest BCUT2D eigenvalue weighted by molar-refractivity contribution is -0.147. The second-order valence-corrected chi connectivity index (χ2v) is 3.66. The van der Waals surface area contributed by atoms with E-state index < -0.39 is 0 Å². The lowest BCUT2D eigenvalue weighted by Gasteiger charge is -2.25. The molecule has 0 radical (unpaired) electrons. The highest BCUT2D eigenvalue weighted by molar-refractivity contribution is 4.84. The van der Waals surface area contributed by atoms with Crippen LogP contribution in [0.15, 0.2) is 0 Å². The van der Waals surface area contributed by atoms with Crippen LogP contribution in [0.5, 0.6) is 0 Å². The molecule has 0 aromatic carbocycles. The Labute approximate surface area is 87.4 Å². The third kappa shape index (κ3) is 3.95. The second-order valence-electron chi connectivity index (χ2n) is 3.66. The largest absolute Gasteiger partial charge is 0.352 e. The normalized spacial score (nSPS) is 16.9. The minimum Gasteiger partial charge on any atom is -0.352 e. The summed E-state index contributed by atoms with van der Waals surface area (Å²) in [4.78, 5) is 2.45. The van der Waals surface area contributed by atoms with E-state index in [1.165, 1.54) is 12.8 Å². The van der Waals surface area contributed by atoms with Crippen LogP contribution < -0.4 is 0 Å². The summed E-state index contributed by atoms with van der Waals surface area (Å²) in [6.07, 6.45) is 2.66. The molecule has 14 heavy (non-hydrogen) atoms. The SMILES string of the molecule is CCOC(CN(CC)C1CC1)OCC. The van der Waals surface area contributed by atoms with Gasteiger partial charge >= 0.3 is 0 Å². The van der Waals surface area contributed by atoms with E-state index in [0.717, 1.165) is 32.3 Å². The van der Waals surface area contributed by atoms with Crippen molar-refractivity contribution in [2.24, 2.45) is 0 Å². The highest BCUT2D eigenvalue weighted by Crippen LogP contribution is 2.26. The van der Waals surface area contributed by atoms with Crippen molar-refractivity contribution < 1.29 is 9.47 Å². The molecule has 3 heteroatoms. The third-order valence-electron chi connectivity index (χ3n) is 2.56. The van der Waals surface area contributed by atoms with Crippen LogP contribution in [0.1, 0.15) is 33.6 Å². The van der Waals surface area contributed by atoms with Crippen molar-refractivity contribution in [3.8, 4) is 0 Å². The van der Waals surface area contributed by atoms with E-state index in [1.807, 2.05) is 13.8 Å². The van der Waals surface area contributed by atoms with Crippen LogP contribution in [-0.2, 0) is 9.47 Å². The fourth-order valence-corrected chi connectivity index (χ4v) is 1.69. The smallest absolute Gasteiger partial charge is 0.170 e. The lowest BCUT2D eigenvalue weighted by Crippen LogP contribution is -2.37. The van der Waals surface area contributed by atoms with Crippen molar-refractivity contribution in [3.63, 3.8) is 0 Å². The van der Waals surface area contributed by atoms with Gasteiger partial charge in [-0.1, -0.05) is 6.92 Å². The molecular weight excluding hydrogens is 178 g/mol. The molecule has 0 heterocycles. The van der Waals surface area contributed by atoms with Crippen molar-refractivity contribution in [1.29, 1.82) is 0 Å². The highest BCUT2D eigenvalue weighted by Gasteiger charge is 2.29. The van der Waals surface area contributed by atoms with Gasteiger partial charge < -0.3 is 9.47 Å². The number of hydrogen-bond donors (Lipinski definition) is 0. The van der Waals surface area contributed by atoms with Crippen LogP contribution in [-0.4, -0.2) is 43.5 Å². The zero-order valence-corrected chi connectivity index (χ0v) is 9.66. The van der Waals surface area contributed by atoms with E-state index in [0.29, 0.717) is 0 Å². The van der Waals surface area contributed by atoms with Gasteiger partial charge in [0.1, 0.15) is 0 Å². The maximum atomic E-state index is 5.53. The van der Waals surface area contributed by atoms with E-state index >= 15 is 0 Å². The molecule has 0 unspecified atom stereocenters. The van der Waals surface area contributed by atoms with Gasteiger partial charge in [-0.05, 0) is 33.2 Å². The summed E-state index contributed by atoms with van der Waals surface area (Å²) in [7, 11) is 0. The molecule has 1 saturated carbocycles. The van der Waals surface area contributed by atoms with Gasteiger partial charge in [-0.15, -0.1) is 0 Å². The molecular formula is C11H23NO2. The first-order valence-electron chi connectivity index (χ1n) is 5.79. The average Bonchev–Trinajstić information content (AvgIpc) is 2.98. The summed E-state index contributed by atoms with van der Waals surface area (Å²) in [6, 6.07) is 0.795. The number of likely N-dealkylation sites (N-methyl/N-ethyl adjacent to an activating group) is 1. The molecule has 3 nitrogen and oxygen atoms in total. The predicted molar refractivity (Wildman–Crippen MR) is 57.3 cm³/mol. The van der Waals surface area contributed by atoms with Crippen LogP contribution >= 0.6 is 0 Å². The van der Waals surface area contributed by atoms with Crippen molar-refractivity contribution in [2.45, 2.75) is 45.9 Å². The van der Waals surface area contributed by atoms with Crippen molar-refractivity contribution in [1.82, 2.24) is 4.90 Å². The minimum absolute atomic E-state index is 0.0365. The Morgan fingerprint density at radius 3 is 2.07 bits per heavy atom. The maximum absolute atomic E-state index is 5.53. The monoisotopic (exact) mass is 201 g/mol. The van der Waals surface area contributed by atoms with Crippen molar-refractivity contribution in [3.05, 3.63) is 0 Å². The van der Waals surface area contributed by atoms with E-state index in [4.69, 9.17) is 9.47 Å². The van der Waals surface area contributed by atoms with Crippen molar-refractivity contribution >= 4 is 0 Å². The fourth-order valence-electron chi connectivity index (χ4n) is 1.69. The molecule has 0 spiro atoms. The molecule has 1 aliphatic rings. The van der Waals surface area contributed by atoms with Gasteiger partial charge in [-0.3, -0.25) is 4.90 Å². The summed E-state index contributed by atoms with van der Waals surface area (Å²) < 4.78 is 11.1. The van der Waals surface area contributed by atoms with Crippen LogP contribution in [0, 0.1) is 0 Å². The van der Waals surface area contributed by atoms with E-state index in [-0.39, 0.29) is 6.29 Å². The summed E-state index contributed by atoms with van der Waals surface area (Å²) >= 11 is 0. The number of rotatable bonds is 8. The van der Waals surface area contributed by atoms with E-state index in [2.05, 4.69) is 11.8 Å². The van der Waals surface area contributed by atoms with Gasteiger partial charge in [0.05, 0.1) is 0 Å². The molecule has 1 aliphatic carbocycles. The molecule has 0 aromatic rings. The van der Waals surface area contributed by atoms with Crippen LogP contribution in [0.25, 0.3) is 0 Å². The summed E-state index contributed by atoms with van der Waals surface area (Å²) in [5.41, 5.74) is 0. The van der Waals surface area contributed by atoms with Gasteiger partial charge in [-0.25, -0.2) is 0 Å². The van der Waals surface area contributed by atoms with Crippen molar-refractivity contribution in [2.75, 3.05) is 26.3 Å². The summed E-state index contributed by atoms with van der Waals surface area (Å²) in [5, 5.41) is 0. The Hall–Kier alpha value is -0.120. The average molecular weight is 201 g/mol. The Morgan fingerprint density at radius 1 is 1.14 bits per heavy atom. The Kier molecular flexibility index (Phi) is 5.45. The lowest BCUT2D eigenvalue weighted by atomic mass is 10.4. The standard InChI is InChI=1S/C11H23NO2/c1-4-12(10-7-8-10)9-11(13-5-2)14-6-3/h10-11H,4-9H2,1-3H3. The number of ether oxygens (including phenoxy) is 2. The zero-order valence-electron chi connectivity index (χ0n) is 9.66. The molecule has 0 bridgehead atoms. The molecule has 0 N–H and O–H groups in total. The van der Waals surface area contributed by atoms with Crippen LogP contribution in [0.2, 0.25) is 0 Å². The molecule has 84 valence electrons. The van der Waals surface area contributed by atoms with Gasteiger partial charge in [0.25, 0.3) is 0 Å². The van der Waals surface area contributed by atoms with E-state index in [1.54, 1.807) is 0 Å². The maximum Gasteiger partial charge on any atom is 0.170 e. The van der Waals surface area contributed by atoms with Gasteiger partial charge in [0.15, 0.2) is 6.29 Å². The fraction of sp³-hybridized carbons (Fsp3) is 1.00. The highest BCUT2D eigenvalue weighted by atomic mass is 16.7. The summed E-state index contributed by atoms with van der Waals surface area (Å²) in [5.74, 6) is 0. The third-order valence-corrected chi connectivity index (χ3v) is 2.56. The van der Waals surface area contributed by atoms with E-state index in [9.17, 15) is 0 Å². The topological polar surface area (TPSA) is 21.7 Å². The predicted octanol–water partition coefficient (Wildman–Crippen LogP) is 1.87. The Morgan fingerprint density at radius 2 is 1.71 bits per heavy atom. The molecule has 0 aliphatic heterocycles. The number of nitrogens with zero attached hydrogens (tertiary/aromatic N) is 1. The van der Waals surface area contributed by atoms with Crippen LogP contribution in [0.4, 0.5) is 0 Å². The minimum atomic E-state index is -0.0365. The van der Waals surface area contributed by atoms with Crippen LogP contribution in [0.3, 0.4) is 0 Å². The molecule has 0 amide bonds. The second kappa shape index (κ2) is 6.38. The molecule has 1 fully saturated rings. The Balaban J connectivity index is 2.27. The quantitative estimate of drug-likeness (QED) is 0.560. The molecule has 0 atom stereocenters. The first-order chi connectivity index (χ1) is 6.81. The number of hydrogen-bond acceptors (Lipinski definition) is 3.